The van der Waals surface area contributed by atoms with E-state index in [9.17, 15) is 0 Å². The largest absolute Gasteiger partial charge is 0.345 e. The molecule has 0 aliphatic carbocycles. The van der Waals surface area contributed by atoms with Gasteiger partial charge in [-0.2, -0.15) is 0 Å². The molecule has 0 fully saturated rings. The van der Waals surface area contributed by atoms with Gasteiger partial charge in [0.15, 0.2) is 0 Å². The van der Waals surface area contributed by atoms with Gasteiger partial charge in [0.25, 0.3) is 0 Å². The Balaban J connectivity index is 0.000000109. The molecule has 0 aromatic heterocycles. The van der Waals surface area contributed by atoms with E-state index in [1.807, 2.05) is 12.1 Å². The maximum atomic E-state index is 2.28. The molecule has 0 aliphatic rings. The first-order valence-corrected chi connectivity index (χ1v) is 49.2. The molecule has 0 heterocycles. The number of hydrogen-bond donors (Lipinski definition) is 0. The van der Waals surface area contributed by atoms with Crippen molar-refractivity contribution in [3.63, 3.8) is 0 Å². The summed E-state index contributed by atoms with van der Waals surface area (Å²) >= 11 is 0. The standard InChI is InChI=1S/6C23H19N/c1-24(23-16-8-12-19-11-5-6-15-22(19)23)21-14-7-13-20(17-21)18-9-3-2-4-10-18;1-24(23-17-9-13-19-12-5-6-14-21(19)23)22-16-8-7-15-20(22)18-10-3-2-4-11-18;1-24(21-16-15-18-9-5-6-12-20(18)17-21)23-14-8-7-13-22(23)19-10-3-2-4-11-19;1-24(23-13-7-11-20-10-5-6-12-22(20)23)21-16-14-19(15-17-21)18-8-3-2-4-9-18;1-24(23-15-14-19-10-5-6-11-20(19)17-23)22-13-7-12-21(16-22)18-8-3-2-4-9-18;1-24(23-16-13-19-9-5-6-10-21(19)17-23)22-14-11-20(12-15-22)18-7-3-2-4-8-18/h6*2-17H,1H3. The van der Waals surface area contributed by atoms with Crippen molar-refractivity contribution in [2.75, 3.05) is 71.7 Å². The Hall–Kier alpha value is -18.4. The summed E-state index contributed by atoms with van der Waals surface area (Å²) in [5.41, 5.74) is 29.3. The molecule has 0 spiro atoms. The van der Waals surface area contributed by atoms with Crippen LogP contribution in [0, 0.1) is 0 Å². The van der Waals surface area contributed by atoms with Crippen LogP contribution in [0.25, 0.3) is 131 Å². The Morgan fingerprint density at radius 2 is 0.306 bits per heavy atom. The van der Waals surface area contributed by atoms with Crippen LogP contribution in [-0.2, 0) is 0 Å². The molecule has 696 valence electrons. The molecule has 0 aliphatic heterocycles. The summed E-state index contributed by atoms with van der Waals surface area (Å²) in [6, 6.07) is 205. The molecule has 24 rings (SSSR count). The van der Waals surface area contributed by atoms with E-state index >= 15 is 0 Å². The van der Waals surface area contributed by atoms with Crippen LogP contribution in [0.15, 0.2) is 582 Å². The molecule has 0 amide bonds. The number of hydrogen-bond acceptors (Lipinski definition) is 6. The highest BCUT2D eigenvalue weighted by molar-refractivity contribution is 6.01. The molecule has 144 heavy (non-hydrogen) atoms. The van der Waals surface area contributed by atoms with Gasteiger partial charge >= 0.3 is 0 Å². The monoisotopic (exact) mass is 1850 g/mol. The van der Waals surface area contributed by atoms with Crippen molar-refractivity contribution >= 4 is 133 Å². The van der Waals surface area contributed by atoms with E-state index in [0.717, 1.165) is 0 Å². The minimum Gasteiger partial charge on any atom is -0.345 e. The highest BCUT2D eigenvalue weighted by Gasteiger charge is 2.18. The normalized spacial score (nSPS) is 10.7. The number of nitrogens with zero attached hydrogens (tertiary/aromatic N) is 6. The maximum Gasteiger partial charge on any atom is 0.0487 e. The fraction of sp³-hybridized carbons (Fsp3) is 0.0435. The summed E-state index contributed by atoms with van der Waals surface area (Å²) in [5.74, 6) is 0. The third-order valence-corrected chi connectivity index (χ3v) is 26.8. The second kappa shape index (κ2) is 45.9. The van der Waals surface area contributed by atoms with Crippen molar-refractivity contribution in [3.05, 3.63) is 582 Å². The van der Waals surface area contributed by atoms with Crippen molar-refractivity contribution in [1.29, 1.82) is 0 Å². The summed E-state index contributed by atoms with van der Waals surface area (Å²) in [6.45, 7) is 0. The van der Waals surface area contributed by atoms with Gasteiger partial charge in [0.2, 0.25) is 0 Å². The summed E-state index contributed by atoms with van der Waals surface area (Å²) in [5, 5.41) is 15.2. The van der Waals surface area contributed by atoms with Gasteiger partial charge in [0.05, 0.1) is 0 Å². The Kier molecular flexibility index (Phi) is 30.2. The van der Waals surface area contributed by atoms with Crippen molar-refractivity contribution in [2.24, 2.45) is 0 Å². The first kappa shape index (κ1) is 94.6. The number of anilines is 12. The molecule has 0 radical (unpaired) electrons. The number of para-hydroxylation sites is 2. The molecule has 24 aromatic carbocycles. The Labute approximate surface area is 847 Å². The van der Waals surface area contributed by atoms with E-state index in [-0.39, 0.29) is 0 Å². The average molecular weight is 1860 g/mol. The highest BCUT2D eigenvalue weighted by Crippen LogP contribution is 2.42. The summed E-state index contributed by atoms with van der Waals surface area (Å²) in [6.07, 6.45) is 0. The number of fused-ring (bicyclic) bond motifs is 6. The zero-order valence-electron chi connectivity index (χ0n) is 82.1. The third-order valence-electron chi connectivity index (χ3n) is 26.8. The molecule has 0 N–H and O–H groups in total. The SMILES string of the molecule is CN(c1ccc(-c2ccccc2)cc1)c1ccc2ccccc2c1.CN(c1ccc(-c2ccccc2)cc1)c1cccc2ccccc12.CN(c1ccc2ccccc2c1)c1ccccc1-c1ccccc1.CN(c1cccc(-c2ccccc2)c1)c1ccc2ccccc2c1.CN(c1cccc(-c2ccccc2)c1)c1cccc2ccccc12.CN(c1ccccc1-c1ccccc1)c1cccc2ccccc12. The van der Waals surface area contributed by atoms with Gasteiger partial charge in [-0.25, -0.2) is 0 Å². The van der Waals surface area contributed by atoms with Gasteiger partial charge in [-0.3, -0.25) is 0 Å². The minimum absolute atomic E-state index is 1.19. The second-order valence-corrected chi connectivity index (χ2v) is 35.9. The third kappa shape index (κ3) is 22.6. The molecular formula is C138H114N6. The first-order chi connectivity index (χ1) is 70.9. The van der Waals surface area contributed by atoms with Gasteiger partial charge in [0, 0.05) is 138 Å². The predicted octanol–water partition coefficient (Wildman–Crippen LogP) is 37.6. The fourth-order valence-electron chi connectivity index (χ4n) is 18.8. The van der Waals surface area contributed by atoms with Crippen LogP contribution in [0.4, 0.5) is 68.2 Å². The maximum absolute atomic E-state index is 2.28. The number of benzene rings is 24. The first-order valence-electron chi connectivity index (χ1n) is 49.2. The Bertz CT molecular complexity index is 8320. The van der Waals surface area contributed by atoms with Crippen LogP contribution in [0.3, 0.4) is 0 Å². The van der Waals surface area contributed by atoms with Crippen molar-refractivity contribution in [2.45, 2.75) is 0 Å². The minimum atomic E-state index is 1.19. The lowest BCUT2D eigenvalue weighted by Gasteiger charge is -2.24. The van der Waals surface area contributed by atoms with Crippen LogP contribution in [0.2, 0.25) is 0 Å². The quantitative estimate of drug-likeness (QED) is 0.0847. The summed E-state index contributed by atoms with van der Waals surface area (Å²) in [7, 11) is 12.8. The molecule has 0 unspecified atom stereocenters. The lowest BCUT2D eigenvalue weighted by atomic mass is 10.0. The van der Waals surface area contributed by atoms with Gasteiger partial charge in [-0.15, -0.1) is 0 Å². The Morgan fingerprint density at radius 1 is 0.104 bits per heavy atom. The van der Waals surface area contributed by atoms with E-state index < -0.39 is 0 Å². The van der Waals surface area contributed by atoms with Crippen molar-refractivity contribution in [1.82, 2.24) is 0 Å². The molecule has 6 heteroatoms. The van der Waals surface area contributed by atoms with E-state index in [2.05, 4.69) is 642 Å². The molecule has 0 bridgehead atoms. The highest BCUT2D eigenvalue weighted by atomic mass is 15.1. The molecule has 0 atom stereocenters. The molecule has 24 aromatic rings. The second-order valence-electron chi connectivity index (χ2n) is 35.9. The van der Waals surface area contributed by atoms with Crippen molar-refractivity contribution in [3.8, 4) is 66.8 Å². The van der Waals surface area contributed by atoms with Gasteiger partial charge in [-0.05, 0) is 219 Å². The van der Waals surface area contributed by atoms with Crippen LogP contribution in [-0.4, -0.2) is 42.3 Å². The Morgan fingerprint density at radius 3 is 0.667 bits per heavy atom. The lowest BCUT2D eigenvalue weighted by Crippen LogP contribution is -2.11. The lowest BCUT2D eigenvalue weighted by molar-refractivity contribution is 1.21. The summed E-state index contributed by atoms with van der Waals surface area (Å²) in [4.78, 5) is 13.5. The summed E-state index contributed by atoms with van der Waals surface area (Å²) < 4.78 is 0. The smallest absolute Gasteiger partial charge is 0.0487 e. The molecular weight excluding hydrogens is 1740 g/mol. The molecule has 0 saturated carbocycles. The van der Waals surface area contributed by atoms with Crippen LogP contribution >= 0.6 is 0 Å². The molecule has 0 saturated heterocycles. The molecule has 6 nitrogen and oxygen atoms in total. The van der Waals surface area contributed by atoms with Gasteiger partial charge in [-0.1, -0.05) is 467 Å². The fourth-order valence-corrected chi connectivity index (χ4v) is 18.8. The van der Waals surface area contributed by atoms with E-state index in [0.29, 0.717) is 0 Å². The van der Waals surface area contributed by atoms with Crippen molar-refractivity contribution < 1.29 is 0 Å². The van der Waals surface area contributed by atoms with E-state index in [1.54, 1.807) is 0 Å². The van der Waals surface area contributed by atoms with E-state index in [1.165, 1.54) is 200 Å². The predicted molar refractivity (Wildman–Crippen MR) is 623 cm³/mol. The number of rotatable bonds is 18. The van der Waals surface area contributed by atoms with Crippen LogP contribution in [0.5, 0.6) is 0 Å². The topological polar surface area (TPSA) is 19.4 Å². The zero-order valence-corrected chi connectivity index (χ0v) is 82.1. The van der Waals surface area contributed by atoms with E-state index in [4.69, 9.17) is 0 Å². The average Bonchev–Trinajstić information content (AvgIpc) is 0.826. The van der Waals surface area contributed by atoms with Crippen LogP contribution < -0.4 is 29.4 Å². The zero-order chi connectivity index (χ0) is 98.1. The van der Waals surface area contributed by atoms with Crippen LogP contribution in [0.1, 0.15) is 0 Å². The van der Waals surface area contributed by atoms with Gasteiger partial charge < -0.3 is 29.4 Å². The van der Waals surface area contributed by atoms with Gasteiger partial charge in [0.1, 0.15) is 0 Å².